The average molecular weight is 180 g/mol. The second-order valence-corrected chi connectivity index (χ2v) is 3.31. The van der Waals surface area contributed by atoms with E-state index in [-0.39, 0.29) is 11.9 Å². The first-order valence-corrected chi connectivity index (χ1v) is 4.30. The molecule has 13 heavy (non-hydrogen) atoms. The normalized spacial score (nSPS) is 20.8. The Morgan fingerprint density at radius 1 is 1.77 bits per heavy atom. The van der Waals surface area contributed by atoms with E-state index in [1.807, 2.05) is 13.0 Å². The third-order valence-corrected chi connectivity index (χ3v) is 2.13. The molecule has 0 bridgehead atoms. The first kappa shape index (κ1) is 8.16. The number of fused-ring (bicyclic) bond motifs is 1. The lowest BCUT2D eigenvalue weighted by molar-refractivity contribution is -0.116. The van der Waals surface area contributed by atoms with Gasteiger partial charge in [0.15, 0.2) is 0 Å². The van der Waals surface area contributed by atoms with Crippen LogP contribution in [0.2, 0.25) is 0 Å². The number of hydrogen-bond acceptors (Lipinski definition) is 3. The molecule has 0 aromatic carbocycles. The second-order valence-electron chi connectivity index (χ2n) is 3.31. The van der Waals surface area contributed by atoms with Crippen LogP contribution in [0, 0.1) is 0 Å². The summed E-state index contributed by atoms with van der Waals surface area (Å²) >= 11 is 0. The highest BCUT2D eigenvalue weighted by Crippen LogP contribution is 2.31. The van der Waals surface area contributed by atoms with Crippen LogP contribution in [-0.4, -0.2) is 18.5 Å². The minimum absolute atomic E-state index is 0.0181. The van der Waals surface area contributed by atoms with Gasteiger partial charge in [-0.25, -0.2) is 0 Å². The fourth-order valence-electron chi connectivity index (χ4n) is 1.56. The summed E-state index contributed by atoms with van der Waals surface area (Å²) in [6.45, 7) is 4.24. The second kappa shape index (κ2) is 2.80. The quantitative estimate of drug-likeness (QED) is 0.657. The Kier molecular flexibility index (Phi) is 1.76. The molecule has 1 atom stereocenters. The van der Waals surface area contributed by atoms with Gasteiger partial charge in [0.2, 0.25) is 11.8 Å². The molecular weight excluding hydrogens is 168 g/mol. The van der Waals surface area contributed by atoms with Gasteiger partial charge in [-0.15, -0.1) is 0 Å². The summed E-state index contributed by atoms with van der Waals surface area (Å²) in [5.41, 5.74) is 0.897. The summed E-state index contributed by atoms with van der Waals surface area (Å²) in [6.07, 6.45) is 1.59. The van der Waals surface area contributed by atoms with E-state index in [9.17, 15) is 4.79 Å². The van der Waals surface area contributed by atoms with Crippen molar-refractivity contribution in [1.82, 2.24) is 0 Å². The fraction of sp³-hybridized carbons (Fsp3) is 0.444. The third-order valence-electron chi connectivity index (χ3n) is 2.13. The number of hydrogen-bond donors (Lipinski definition) is 1. The summed E-state index contributed by atoms with van der Waals surface area (Å²) in [5.74, 6) is 0.648. The highest BCUT2D eigenvalue weighted by molar-refractivity contribution is 5.94. The maximum absolute atomic E-state index is 11.2. The van der Waals surface area contributed by atoms with Gasteiger partial charge in [0.25, 0.3) is 0 Å². The lowest BCUT2D eigenvalue weighted by Gasteiger charge is -2.29. The summed E-state index contributed by atoms with van der Waals surface area (Å²) < 4.78 is 5.22. The van der Waals surface area contributed by atoms with Crippen LogP contribution in [-0.2, 0) is 4.79 Å². The molecular formula is C9H12N2O2. The van der Waals surface area contributed by atoms with E-state index in [1.165, 1.54) is 0 Å². The van der Waals surface area contributed by atoms with Gasteiger partial charge in [-0.1, -0.05) is 0 Å². The van der Waals surface area contributed by atoms with Crippen molar-refractivity contribution in [3.63, 3.8) is 0 Å². The molecule has 0 aliphatic carbocycles. The largest absolute Gasteiger partial charge is 0.446 e. The Labute approximate surface area is 76.5 Å². The summed E-state index contributed by atoms with van der Waals surface area (Å²) in [7, 11) is 0. The molecule has 1 aromatic heterocycles. The van der Waals surface area contributed by atoms with Gasteiger partial charge in [-0.3, -0.25) is 9.69 Å². The van der Waals surface area contributed by atoms with Crippen LogP contribution in [0.3, 0.4) is 0 Å². The van der Waals surface area contributed by atoms with Crippen molar-refractivity contribution < 1.29 is 9.21 Å². The predicted octanol–water partition coefficient (Wildman–Crippen LogP) is 1.45. The van der Waals surface area contributed by atoms with Crippen LogP contribution in [0.4, 0.5) is 11.6 Å². The maximum Gasteiger partial charge on any atom is 0.226 e. The Balaban J connectivity index is 2.38. The molecule has 1 aromatic rings. The topological polar surface area (TPSA) is 45.5 Å². The average Bonchev–Trinajstić information content (AvgIpc) is 2.49. The van der Waals surface area contributed by atoms with Crippen molar-refractivity contribution in [2.45, 2.75) is 19.9 Å². The number of nitrogens with one attached hydrogen (secondary N) is 1. The van der Waals surface area contributed by atoms with Crippen molar-refractivity contribution in [3.05, 3.63) is 12.3 Å². The number of anilines is 2. The van der Waals surface area contributed by atoms with Crippen molar-refractivity contribution in [2.24, 2.45) is 0 Å². The molecule has 2 rings (SSSR count). The van der Waals surface area contributed by atoms with E-state index in [0.717, 1.165) is 5.69 Å². The van der Waals surface area contributed by atoms with Crippen molar-refractivity contribution in [3.8, 4) is 0 Å². The van der Waals surface area contributed by atoms with Gasteiger partial charge in [0, 0.05) is 25.6 Å². The van der Waals surface area contributed by atoms with Gasteiger partial charge in [0.05, 0.1) is 12.0 Å². The van der Waals surface area contributed by atoms with E-state index >= 15 is 0 Å². The molecule has 4 nitrogen and oxygen atoms in total. The first-order valence-electron chi connectivity index (χ1n) is 4.30. The fourth-order valence-corrected chi connectivity index (χ4v) is 1.56. The van der Waals surface area contributed by atoms with E-state index in [4.69, 9.17) is 4.42 Å². The van der Waals surface area contributed by atoms with Crippen LogP contribution in [0.1, 0.15) is 13.8 Å². The lowest BCUT2D eigenvalue weighted by atomic mass is 10.2. The van der Waals surface area contributed by atoms with E-state index in [2.05, 4.69) is 5.32 Å². The smallest absolute Gasteiger partial charge is 0.226 e. The summed E-state index contributed by atoms with van der Waals surface area (Å²) in [6, 6.07) is 2.11. The van der Waals surface area contributed by atoms with Crippen LogP contribution in [0.25, 0.3) is 0 Å². The standard InChI is InChI=1S/C9H12N2O2/c1-6-5-11(7(2)12)9-8(10-6)3-4-13-9/h3-4,6,10H,5H2,1-2H3. The monoisotopic (exact) mass is 180 g/mol. The van der Waals surface area contributed by atoms with Gasteiger partial charge in [-0.05, 0) is 6.92 Å². The Morgan fingerprint density at radius 3 is 3.23 bits per heavy atom. The molecule has 70 valence electrons. The van der Waals surface area contributed by atoms with Gasteiger partial charge < -0.3 is 9.73 Å². The van der Waals surface area contributed by atoms with Crippen LogP contribution in [0.15, 0.2) is 16.7 Å². The molecule has 4 heteroatoms. The minimum Gasteiger partial charge on any atom is -0.446 e. The molecule has 1 aliphatic heterocycles. The van der Waals surface area contributed by atoms with Gasteiger partial charge in [-0.2, -0.15) is 0 Å². The molecule has 1 unspecified atom stereocenters. The van der Waals surface area contributed by atoms with Crippen LogP contribution < -0.4 is 10.2 Å². The van der Waals surface area contributed by atoms with E-state index in [0.29, 0.717) is 12.4 Å². The molecule has 0 saturated carbocycles. The number of rotatable bonds is 0. The third kappa shape index (κ3) is 1.28. The number of carbonyl (C=O) groups is 1. The Bertz CT molecular complexity index is 332. The van der Waals surface area contributed by atoms with Gasteiger partial charge >= 0.3 is 0 Å². The molecule has 1 amide bonds. The predicted molar refractivity (Wildman–Crippen MR) is 49.8 cm³/mol. The molecule has 1 aliphatic rings. The van der Waals surface area contributed by atoms with Crippen LogP contribution >= 0.6 is 0 Å². The van der Waals surface area contributed by atoms with Crippen molar-refractivity contribution >= 4 is 17.5 Å². The highest BCUT2D eigenvalue weighted by Gasteiger charge is 2.26. The number of nitrogens with zero attached hydrogens (tertiary/aromatic N) is 1. The minimum atomic E-state index is 0.0181. The molecule has 1 N–H and O–H groups in total. The Hall–Kier alpha value is -1.45. The molecule has 0 radical (unpaired) electrons. The first-order chi connectivity index (χ1) is 6.18. The van der Waals surface area contributed by atoms with Crippen molar-refractivity contribution in [1.29, 1.82) is 0 Å². The maximum atomic E-state index is 11.2. The zero-order valence-corrected chi connectivity index (χ0v) is 7.70. The Morgan fingerprint density at radius 2 is 2.54 bits per heavy atom. The number of furan rings is 1. The zero-order valence-electron chi connectivity index (χ0n) is 7.70. The lowest BCUT2D eigenvalue weighted by Crippen LogP contribution is -2.41. The van der Waals surface area contributed by atoms with Gasteiger partial charge in [0.1, 0.15) is 0 Å². The molecule has 0 fully saturated rings. The van der Waals surface area contributed by atoms with E-state index in [1.54, 1.807) is 18.1 Å². The summed E-state index contributed by atoms with van der Waals surface area (Å²) in [5, 5.41) is 3.24. The summed E-state index contributed by atoms with van der Waals surface area (Å²) in [4.78, 5) is 12.9. The van der Waals surface area contributed by atoms with E-state index < -0.39 is 0 Å². The SMILES string of the molecule is CC(=O)N1CC(C)Nc2ccoc21. The molecule has 0 spiro atoms. The highest BCUT2D eigenvalue weighted by atomic mass is 16.3. The molecule has 2 heterocycles. The number of amides is 1. The zero-order chi connectivity index (χ0) is 9.42. The van der Waals surface area contributed by atoms with Crippen LogP contribution in [0.5, 0.6) is 0 Å². The number of carbonyl (C=O) groups excluding carboxylic acids is 1. The van der Waals surface area contributed by atoms with Crippen molar-refractivity contribution in [2.75, 3.05) is 16.8 Å². The molecule has 0 saturated heterocycles.